The van der Waals surface area contributed by atoms with Crippen molar-refractivity contribution in [1.82, 2.24) is 14.1 Å². The van der Waals surface area contributed by atoms with Gasteiger partial charge < -0.3 is 4.74 Å². The Morgan fingerprint density at radius 2 is 1.92 bits per heavy atom. The highest BCUT2D eigenvalue weighted by molar-refractivity contribution is 5.96. The SMILES string of the molecule is CCN1C(=O)COc2cc(-n3c(=O)cc(C(F)(F)F)n(C)c3=O)cnc21. The van der Waals surface area contributed by atoms with Gasteiger partial charge in [0.25, 0.3) is 11.5 Å². The Hall–Kier alpha value is -3.11. The minimum atomic E-state index is -4.84. The van der Waals surface area contributed by atoms with E-state index in [2.05, 4.69) is 4.98 Å². The predicted octanol–water partition coefficient (Wildman–Crippen LogP) is 0.695. The lowest BCUT2D eigenvalue weighted by Gasteiger charge is -2.27. The van der Waals surface area contributed by atoms with E-state index in [1.165, 1.54) is 11.0 Å². The number of amides is 1. The van der Waals surface area contributed by atoms with Gasteiger partial charge in [0.2, 0.25) is 0 Å². The van der Waals surface area contributed by atoms with Gasteiger partial charge in [0, 0.05) is 25.7 Å². The molecule has 1 aliphatic rings. The van der Waals surface area contributed by atoms with Crippen LogP contribution in [-0.2, 0) is 18.0 Å². The second-order valence-electron chi connectivity index (χ2n) is 5.48. The van der Waals surface area contributed by atoms with Crippen LogP contribution < -0.4 is 20.9 Å². The molecule has 1 amide bonds. The number of aromatic nitrogens is 3. The van der Waals surface area contributed by atoms with E-state index in [0.717, 1.165) is 13.2 Å². The van der Waals surface area contributed by atoms with Crippen LogP contribution in [0.15, 0.2) is 27.9 Å². The van der Waals surface area contributed by atoms with Crippen LogP contribution in [0.25, 0.3) is 5.69 Å². The molecule has 2 aromatic rings. The first-order valence-electron chi connectivity index (χ1n) is 7.49. The summed E-state index contributed by atoms with van der Waals surface area (Å²) in [6.45, 7) is 1.83. The second-order valence-corrected chi connectivity index (χ2v) is 5.48. The van der Waals surface area contributed by atoms with Gasteiger partial charge in [0.15, 0.2) is 18.2 Å². The minimum Gasteiger partial charge on any atom is -0.480 e. The van der Waals surface area contributed by atoms with Gasteiger partial charge in [0.05, 0.1) is 11.9 Å². The molecule has 26 heavy (non-hydrogen) atoms. The average molecular weight is 370 g/mol. The third kappa shape index (κ3) is 2.74. The molecule has 1 aliphatic heterocycles. The molecule has 0 radical (unpaired) electrons. The smallest absolute Gasteiger partial charge is 0.431 e. The van der Waals surface area contributed by atoms with E-state index in [9.17, 15) is 27.6 Å². The molecule has 0 atom stereocenters. The summed E-state index contributed by atoms with van der Waals surface area (Å²) in [6.07, 6.45) is -3.72. The van der Waals surface area contributed by atoms with Crippen LogP contribution in [0.1, 0.15) is 12.6 Å². The third-order valence-electron chi connectivity index (χ3n) is 3.91. The standard InChI is InChI=1S/C15H13F3N4O4/c1-3-21-12(24)7-26-9-4-8(6-19-13(9)21)22-11(23)5-10(15(16,17)18)20(2)14(22)25/h4-6H,3,7H2,1-2H3. The number of ether oxygens (including phenoxy) is 1. The maximum absolute atomic E-state index is 12.9. The van der Waals surface area contributed by atoms with Crippen LogP contribution in [0, 0.1) is 0 Å². The fourth-order valence-corrected chi connectivity index (χ4v) is 2.66. The van der Waals surface area contributed by atoms with Crippen molar-refractivity contribution in [3.05, 3.63) is 44.9 Å². The van der Waals surface area contributed by atoms with Crippen molar-refractivity contribution in [1.29, 1.82) is 0 Å². The number of halogens is 3. The van der Waals surface area contributed by atoms with Crippen LogP contribution in [0.5, 0.6) is 5.75 Å². The van der Waals surface area contributed by atoms with Crippen LogP contribution in [0.3, 0.4) is 0 Å². The molecule has 0 aliphatic carbocycles. The van der Waals surface area contributed by atoms with E-state index in [0.29, 0.717) is 21.7 Å². The normalized spacial score (nSPS) is 14.2. The Morgan fingerprint density at radius 3 is 2.54 bits per heavy atom. The van der Waals surface area contributed by atoms with Crippen molar-refractivity contribution >= 4 is 11.7 Å². The molecule has 11 heteroatoms. The topological polar surface area (TPSA) is 86.4 Å². The zero-order chi connectivity index (χ0) is 19.2. The van der Waals surface area contributed by atoms with Crippen LogP contribution in [0.2, 0.25) is 0 Å². The van der Waals surface area contributed by atoms with Gasteiger partial charge in [-0.3, -0.25) is 19.1 Å². The molecule has 0 aromatic carbocycles. The zero-order valence-corrected chi connectivity index (χ0v) is 13.7. The lowest BCUT2D eigenvalue weighted by molar-refractivity contribution is -0.144. The second kappa shape index (κ2) is 6.00. The Balaban J connectivity index is 2.18. The first-order chi connectivity index (χ1) is 12.1. The van der Waals surface area contributed by atoms with Crippen molar-refractivity contribution in [3.8, 4) is 11.4 Å². The van der Waals surface area contributed by atoms with Gasteiger partial charge in [-0.25, -0.2) is 14.3 Å². The van der Waals surface area contributed by atoms with Crippen molar-refractivity contribution in [2.75, 3.05) is 18.1 Å². The molecule has 0 N–H and O–H groups in total. The quantitative estimate of drug-likeness (QED) is 0.777. The van der Waals surface area contributed by atoms with Crippen LogP contribution >= 0.6 is 0 Å². The maximum Gasteiger partial charge on any atom is 0.431 e. The highest BCUT2D eigenvalue weighted by Crippen LogP contribution is 2.31. The molecule has 0 saturated heterocycles. The Bertz CT molecular complexity index is 1010. The monoisotopic (exact) mass is 370 g/mol. The number of nitrogens with zero attached hydrogens (tertiary/aromatic N) is 4. The summed E-state index contributed by atoms with van der Waals surface area (Å²) >= 11 is 0. The third-order valence-corrected chi connectivity index (χ3v) is 3.91. The van der Waals surface area contributed by atoms with Crippen molar-refractivity contribution in [3.63, 3.8) is 0 Å². The maximum atomic E-state index is 12.9. The zero-order valence-electron chi connectivity index (χ0n) is 13.7. The summed E-state index contributed by atoms with van der Waals surface area (Å²) in [6, 6.07) is 1.62. The van der Waals surface area contributed by atoms with Gasteiger partial charge in [-0.15, -0.1) is 0 Å². The summed E-state index contributed by atoms with van der Waals surface area (Å²) < 4.78 is 44.9. The molecule has 3 heterocycles. The number of alkyl halides is 3. The van der Waals surface area contributed by atoms with E-state index in [1.807, 2.05) is 0 Å². The summed E-state index contributed by atoms with van der Waals surface area (Å²) in [5, 5.41) is 0. The van der Waals surface area contributed by atoms with E-state index in [1.54, 1.807) is 6.92 Å². The van der Waals surface area contributed by atoms with Gasteiger partial charge in [-0.2, -0.15) is 13.2 Å². The largest absolute Gasteiger partial charge is 0.480 e. The van der Waals surface area contributed by atoms with E-state index >= 15 is 0 Å². The Kier molecular flexibility index (Phi) is 4.09. The highest BCUT2D eigenvalue weighted by Gasteiger charge is 2.35. The number of likely N-dealkylation sites (N-methyl/N-ethyl adjacent to an activating group) is 1. The van der Waals surface area contributed by atoms with Crippen molar-refractivity contribution in [2.24, 2.45) is 7.05 Å². The molecule has 0 spiro atoms. The molecule has 0 unspecified atom stereocenters. The Labute approximate surface area is 144 Å². The molecule has 0 saturated carbocycles. The summed E-state index contributed by atoms with van der Waals surface area (Å²) in [5.41, 5.74) is -3.74. The van der Waals surface area contributed by atoms with Gasteiger partial charge in [0.1, 0.15) is 5.69 Å². The number of carbonyl (C=O) groups excluding carboxylic acids is 1. The lowest BCUT2D eigenvalue weighted by Crippen LogP contribution is -2.41. The number of carbonyl (C=O) groups is 1. The summed E-state index contributed by atoms with van der Waals surface area (Å²) in [7, 11) is 0.918. The van der Waals surface area contributed by atoms with Gasteiger partial charge >= 0.3 is 11.9 Å². The van der Waals surface area contributed by atoms with E-state index < -0.39 is 23.1 Å². The molecule has 3 rings (SSSR count). The minimum absolute atomic E-state index is 0.0616. The van der Waals surface area contributed by atoms with E-state index in [4.69, 9.17) is 4.74 Å². The molecule has 2 aromatic heterocycles. The van der Waals surface area contributed by atoms with E-state index in [-0.39, 0.29) is 29.8 Å². The first kappa shape index (κ1) is 17.7. The van der Waals surface area contributed by atoms with Crippen molar-refractivity contribution in [2.45, 2.75) is 13.1 Å². The number of rotatable bonds is 2. The number of anilines is 1. The highest BCUT2D eigenvalue weighted by atomic mass is 19.4. The average Bonchev–Trinajstić information content (AvgIpc) is 2.57. The predicted molar refractivity (Wildman–Crippen MR) is 83.6 cm³/mol. The number of hydrogen-bond donors (Lipinski definition) is 0. The summed E-state index contributed by atoms with van der Waals surface area (Å²) in [4.78, 5) is 41.6. The fraction of sp³-hybridized carbons (Fsp3) is 0.333. The lowest BCUT2D eigenvalue weighted by atomic mass is 10.3. The fourth-order valence-electron chi connectivity index (χ4n) is 2.66. The molecule has 0 fully saturated rings. The first-order valence-corrected chi connectivity index (χ1v) is 7.49. The van der Waals surface area contributed by atoms with Gasteiger partial charge in [-0.05, 0) is 6.92 Å². The Morgan fingerprint density at radius 1 is 1.23 bits per heavy atom. The molecule has 8 nitrogen and oxygen atoms in total. The molecular formula is C15H13F3N4O4. The number of pyridine rings is 1. The molecular weight excluding hydrogens is 357 g/mol. The van der Waals surface area contributed by atoms with Crippen molar-refractivity contribution < 1.29 is 22.7 Å². The number of hydrogen-bond acceptors (Lipinski definition) is 5. The van der Waals surface area contributed by atoms with Crippen LogP contribution in [-0.4, -0.2) is 33.2 Å². The van der Waals surface area contributed by atoms with Gasteiger partial charge in [-0.1, -0.05) is 0 Å². The molecule has 0 bridgehead atoms. The summed E-state index contributed by atoms with van der Waals surface area (Å²) in [5.74, 6) is 0.0601. The van der Waals surface area contributed by atoms with Crippen LogP contribution in [0.4, 0.5) is 19.0 Å². The molecule has 138 valence electrons. The number of fused-ring (bicyclic) bond motifs is 1.